The van der Waals surface area contributed by atoms with Gasteiger partial charge in [0.2, 0.25) is 6.10 Å². The van der Waals surface area contributed by atoms with Gasteiger partial charge < -0.3 is 14.5 Å². The average Bonchev–Trinajstić information content (AvgIpc) is 3.29. The average molecular weight is 425 g/mol. The van der Waals surface area contributed by atoms with Crippen molar-refractivity contribution in [2.24, 2.45) is 0 Å². The number of carbonyl (C=O) groups excluding carboxylic acids is 2. The van der Waals surface area contributed by atoms with E-state index in [-0.39, 0.29) is 17.6 Å². The van der Waals surface area contributed by atoms with Gasteiger partial charge in [0.05, 0.1) is 11.0 Å². The van der Waals surface area contributed by atoms with Crippen molar-refractivity contribution in [1.82, 2.24) is 9.80 Å². The maximum Gasteiger partial charge on any atom is 0.303 e. The number of carbonyl (C=O) groups is 2. The Morgan fingerprint density at radius 3 is 2.23 bits per heavy atom. The molecule has 0 aliphatic carbocycles. The molecule has 3 rings (SSSR count). The number of benzene rings is 2. The Morgan fingerprint density at radius 1 is 1.06 bits per heavy atom. The number of ether oxygens (including phenoxy) is 1. The summed E-state index contributed by atoms with van der Waals surface area (Å²) in [4.78, 5) is 39.6. The van der Waals surface area contributed by atoms with Crippen LogP contribution in [-0.2, 0) is 14.3 Å². The molecule has 1 fully saturated rings. The number of hydrogen-bond donors (Lipinski definition) is 0. The first-order valence-electron chi connectivity index (χ1n) is 10.3. The van der Waals surface area contributed by atoms with E-state index in [4.69, 9.17) is 4.74 Å². The van der Waals surface area contributed by atoms with Crippen molar-refractivity contribution in [3.8, 4) is 0 Å². The molecule has 2 aromatic carbocycles. The van der Waals surface area contributed by atoms with Crippen molar-refractivity contribution in [3.05, 3.63) is 75.8 Å². The number of esters is 1. The minimum absolute atomic E-state index is 0.000253. The first-order chi connectivity index (χ1) is 14.9. The fourth-order valence-corrected chi connectivity index (χ4v) is 3.87. The molecular weight excluding hydrogens is 398 g/mol. The van der Waals surface area contributed by atoms with E-state index in [2.05, 4.69) is 4.90 Å². The quantitative estimate of drug-likeness (QED) is 0.365. The summed E-state index contributed by atoms with van der Waals surface area (Å²) in [6.45, 7) is 3.76. The zero-order valence-corrected chi connectivity index (χ0v) is 17.8. The smallest absolute Gasteiger partial charge is 0.303 e. The lowest BCUT2D eigenvalue weighted by molar-refractivity contribution is -0.384. The Morgan fingerprint density at radius 2 is 1.68 bits per heavy atom. The van der Waals surface area contributed by atoms with Crippen LogP contribution in [0.15, 0.2) is 54.6 Å². The number of non-ortho nitro benzene ring substituents is 1. The van der Waals surface area contributed by atoms with Crippen molar-refractivity contribution in [2.45, 2.75) is 31.9 Å². The summed E-state index contributed by atoms with van der Waals surface area (Å²) in [6, 6.07) is 14.8. The molecule has 1 heterocycles. The van der Waals surface area contributed by atoms with E-state index in [0.717, 1.165) is 31.5 Å². The topological polar surface area (TPSA) is 93.0 Å². The second-order valence-corrected chi connectivity index (χ2v) is 7.72. The molecule has 0 aromatic heterocycles. The molecule has 2 atom stereocenters. The van der Waals surface area contributed by atoms with Crippen LogP contribution in [0.4, 0.5) is 5.69 Å². The molecule has 2 aromatic rings. The molecule has 0 unspecified atom stereocenters. The summed E-state index contributed by atoms with van der Waals surface area (Å²) in [6.07, 6.45) is 1.15. The normalized spacial score (nSPS) is 15.8. The second-order valence-electron chi connectivity index (χ2n) is 7.72. The van der Waals surface area contributed by atoms with Gasteiger partial charge in [-0.1, -0.05) is 42.5 Å². The summed E-state index contributed by atoms with van der Waals surface area (Å²) in [5.74, 6) is -0.883. The lowest BCUT2D eigenvalue weighted by Gasteiger charge is -2.34. The fourth-order valence-electron chi connectivity index (χ4n) is 3.87. The molecule has 0 N–H and O–H groups in total. The Kier molecular flexibility index (Phi) is 7.36. The number of likely N-dealkylation sites (N-methyl/N-ethyl adjacent to an activating group) is 1. The van der Waals surface area contributed by atoms with E-state index < -0.39 is 17.0 Å². The van der Waals surface area contributed by atoms with Crippen molar-refractivity contribution < 1.29 is 19.2 Å². The van der Waals surface area contributed by atoms with Crippen molar-refractivity contribution in [2.75, 3.05) is 26.7 Å². The molecule has 1 amide bonds. The molecule has 1 saturated heterocycles. The summed E-state index contributed by atoms with van der Waals surface area (Å²) >= 11 is 0. The van der Waals surface area contributed by atoms with Gasteiger partial charge in [-0.3, -0.25) is 19.7 Å². The van der Waals surface area contributed by atoms with Crippen LogP contribution in [0.5, 0.6) is 0 Å². The molecule has 8 nitrogen and oxygen atoms in total. The summed E-state index contributed by atoms with van der Waals surface area (Å²) in [5.41, 5.74) is 1.39. The van der Waals surface area contributed by atoms with Crippen LogP contribution in [0, 0.1) is 10.1 Å². The van der Waals surface area contributed by atoms with Gasteiger partial charge in [0.25, 0.3) is 11.6 Å². The van der Waals surface area contributed by atoms with Gasteiger partial charge in [-0.05, 0) is 31.5 Å². The molecule has 31 heavy (non-hydrogen) atoms. The Hall–Kier alpha value is -3.26. The van der Waals surface area contributed by atoms with Gasteiger partial charge in [0, 0.05) is 38.2 Å². The Labute approximate surface area is 181 Å². The maximum atomic E-state index is 13.5. The van der Waals surface area contributed by atoms with Gasteiger partial charge in [-0.15, -0.1) is 0 Å². The SMILES string of the molecule is CC(=O)O[C@H](C(=O)N(C)[C@@H](CN1CCCC1)c1ccc([N+](=O)[O-])cc1)c1ccccc1. The fraction of sp³-hybridized carbons (Fsp3) is 0.391. The Balaban J connectivity index is 1.91. The highest BCUT2D eigenvalue weighted by Gasteiger charge is 2.32. The van der Waals surface area contributed by atoms with Crippen LogP contribution in [0.1, 0.15) is 43.0 Å². The third kappa shape index (κ3) is 5.67. The minimum atomic E-state index is -1.05. The number of amides is 1. The molecular formula is C23H27N3O5. The number of nitrogens with zero attached hydrogens (tertiary/aromatic N) is 3. The molecule has 1 aliphatic heterocycles. The lowest BCUT2D eigenvalue weighted by Crippen LogP contribution is -2.41. The van der Waals surface area contributed by atoms with Gasteiger partial charge >= 0.3 is 5.97 Å². The van der Waals surface area contributed by atoms with Crippen LogP contribution in [0.25, 0.3) is 0 Å². The minimum Gasteiger partial charge on any atom is -0.447 e. The van der Waals surface area contributed by atoms with E-state index in [0.29, 0.717) is 12.1 Å². The molecule has 8 heteroatoms. The highest BCUT2D eigenvalue weighted by molar-refractivity contribution is 5.85. The number of likely N-dealkylation sites (tertiary alicyclic amines) is 1. The highest BCUT2D eigenvalue weighted by atomic mass is 16.6. The van der Waals surface area contributed by atoms with Crippen LogP contribution in [-0.4, -0.2) is 53.3 Å². The maximum absolute atomic E-state index is 13.5. The highest BCUT2D eigenvalue weighted by Crippen LogP contribution is 2.29. The van der Waals surface area contributed by atoms with E-state index in [9.17, 15) is 19.7 Å². The standard InChI is InChI=1S/C23H27N3O5/c1-17(27)31-22(19-8-4-3-5-9-19)23(28)24(2)21(16-25-14-6-7-15-25)18-10-12-20(13-11-18)26(29)30/h3-5,8-13,21-22H,6-7,14-16H2,1-2H3/t21-,22-/m0/s1. The van der Waals surface area contributed by atoms with Crippen LogP contribution < -0.4 is 0 Å². The first-order valence-corrected chi connectivity index (χ1v) is 10.3. The number of nitro groups is 1. The van der Waals surface area contributed by atoms with E-state index in [1.54, 1.807) is 48.3 Å². The number of rotatable bonds is 8. The zero-order chi connectivity index (χ0) is 22.4. The largest absolute Gasteiger partial charge is 0.447 e. The van der Waals surface area contributed by atoms with Crippen molar-refractivity contribution in [1.29, 1.82) is 0 Å². The molecule has 164 valence electrons. The summed E-state index contributed by atoms with van der Waals surface area (Å²) < 4.78 is 5.39. The zero-order valence-electron chi connectivity index (χ0n) is 17.8. The summed E-state index contributed by atoms with van der Waals surface area (Å²) in [5, 5.41) is 11.0. The van der Waals surface area contributed by atoms with Gasteiger partial charge in [0.15, 0.2) is 0 Å². The second kappa shape index (κ2) is 10.2. The van der Waals surface area contributed by atoms with E-state index in [1.165, 1.54) is 19.1 Å². The predicted molar refractivity (Wildman–Crippen MR) is 115 cm³/mol. The van der Waals surface area contributed by atoms with Gasteiger partial charge in [-0.2, -0.15) is 0 Å². The lowest BCUT2D eigenvalue weighted by atomic mass is 10.0. The van der Waals surface area contributed by atoms with Crippen LogP contribution in [0.2, 0.25) is 0 Å². The molecule has 1 aliphatic rings. The van der Waals surface area contributed by atoms with Gasteiger partial charge in [-0.25, -0.2) is 0 Å². The van der Waals surface area contributed by atoms with Gasteiger partial charge in [0.1, 0.15) is 0 Å². The number of nitro benzene ring substituents is 1. The third-order valence-electron chi connectivity index (χ3n) is 5.54. The van der Waals surface area contributed by atoms with E-state index in [1.807, 2.05) is 6.07 Å². The Bertz CT molecular complexity index is 911. The third-order valence-corrected chi connectivity index (χ3v) is 5.54. The monoisotopic (exact) mass is 425 g/mol. The van der Waals surface area contributed by atoms with Crippen LogP contribution >= 0.6 is 0 Å². The predicted octanol–water partition coefficient (Wildman–Crippen LogP) is 3.49. The first kappa shape index (κ1) is 22.4. The molecule has 0 spiro atoms. The number of hydrogen-bond acceptors (Lipinski definition) is 6. The molecule has 0 saturated carbocycles. The van der Waals surface area contributed by atoms with Crippen molar-refractivity contribution >= 4 is 17.6 Å². The van der Waals surface area contributed by atoms with Crippen molar-refractivity contribution in [3.63, 3.8) is 0 Å². The van der Waals surface area contributed by atoms with E-state index >= 15 is 0 Å². The molecule has 0 radical (unpaired) electrons. The molecule has 0 bridgehead atoms. The van der Waals surface area contributed by atoms with Crippen LogP contribution in [0.3, 0.4) is 0 Å². The summed E-state index contributed by atoms with van der Waals surface area (Å²) in [7, 11) is 1.68.